The van der Waals surface area contributed by atoms with Gasteiger partial charge in [0, 0.05) is 12.2 Å². The maximum absolute atomic E-state index is 12.1. The molecule has 1 atom stereocenters. The van der Waals surface area contributed by atoms with Crippen LogP contribution in [0, 0.1) is 13.8 Å². The Bertz CT molecular complexity index is 418. The highest BCUT2D eigenvalue weighted by Crippen LogP contribution is 2.16. The molecule has 0 spiro atoms. The van der Waals surface area contributed by atoms with Gasteiger partial charge in [0.15, 0.2) is 0 Å². The average Bonchev–Trinajstić information content (AvgIpc) is 2.33. The van der Waals surface area contributed by atoms with Gasteiger partial charge in [0.25, 0.3) is 0 Å². The summed E-state index contributed by atoms with van der Waals surface area (Å²) in [7, 11) is 1.82. The van der Waals surface area contributed by atoms with Gasteiger partial charge in [-0.1, -0.05) is 12.1 Å². The fourth-order valence-corrected chi connectivity index (χ4v) is 1.66. The van der Waals surface area contributed by atoms with Crippen LogP contribution in [0.4, 0.5) is 5.69 Å². The van der Waals surface area contributed by atoms with E-state index in [4.69, 9.17) is 5.11 Å². The van der Waals surface area contributed by atoms with Crippen LogP contribution in [-0.2, 0) is 4.79 Å². The van der Waals surface area contributed by atoms with Crippen molar-refractivity contribution in [3.63, 3.8) is 0 Å². The maximum Gasteiger partial charge on any atom is 0.241 e. The first-order valence-electron chi connectivity index (χ1n) is 6.15. The summed E-state index contributed by atoms with van der Waals surface area (Å²) in [5.74, 6) is -0.0559. The number of benzene rings is 1. The monoisotopic (exact) mass is 250 g/mol. The van der Waals surface area contributed by atoms with Crippen molar-refractivity contribution in [3.05, 3.63) is 29.3 Å². The molecule has 4 nitrogen and oxygen atoms in total. The zero-order valence-corrected chi connectivity index (χ0v) is 11.5. The Morgan fingerprint density at radius 2 is 2.11 bits per heavy atom. The molecule has 100 valence electrons. The van der Waals surface area contributed by atoms with Gasteiger partial charge in [-0.25, -0.2) is 0 Å². The predicted octanol–water partition coefficient (Wildman–Crippen LogP) is 1.55. The molecule has 4 heteroatoms. The smallest absolute Gasteiger partial charge is 0.241 e. The summed E-state index contributed by atoms with van der Waals surface area (Å²) in [6, 6.07) is 5.71. The number of nitrogens with zero attached hydrogens (tertiary/aromatic N) is 1. The highest BCUT2D eigenvalue weighted by molar-refractivity contribution is 5.95. The van der Waals surface area contributed by atoms with Gasteiger partial charge in [0.2, 0.25) is 5.91 Å². The van der Waals surface area contributed by atoms with Crippen LogP contribution < -0.4 is 5.32 Å². The predicted molar refractivity (Wildman–Crippen MR) is 73.7 cm³/mol. The lowest BCUT2D eigenvalue weighted by atomic mass is 10.1. The molecule has 1 rings (SSSR count). The molecule has 1 unspecified atom stereocenters. The lowest BCUT2D eigenvalue weighted by Gasteiger charge is -2.23. The number of carbonyl (C=O) groups is 1. The Morgan fingerprint density at radius 1 is 1.44 bits per heavy atom. The largest absolute Gasteiger partial charge is 0.395 e. The molecule has 1 aromatic rings. The van der Waals surface area contributed by atoms with Gasteiger partial charge in [-0.15, -0.1) is 0 Å². The molecular formula is C14H22N2O2. The Hall–Kier alpha value is -1.39. The number of likely N-dealkylation sites (N-methyl/N-ethyl adjacent to an activating group) is 1. The van der Waals surface area contributed by atoms with E-state index in [1.165, 1.54) is 0 Å². The fourth-order valence-electron chi connectivity index (χ4n) is 1.66. The normalized spacial score (nSPS) is 12.6. The minimum absolute atomic E-state index is 0.0532. The SMILES string of the molecule is Cc1ccc(C)c(NC(=O)C(C)N(C)CCO)c1. The van der Waals surface area contributed by atoms with Gasteiger partial charge in [-0.2, -0.15) is 0 Å². The van der Waals surface area contributed by atoms with Crippen LogP contribution in [0.1, 0.15) is 18.1 Å². The molecule has 0 saturated heterocycles. The Kier molecular flexibility index (Phi) is 5.31. The van der Waals surface area contributed by atoms with Crippen molar-refractivity contribution in [1.82, 2.24) is 4.90 Å². The van der Waals surface area contributed by atoms with Crippen LogP contribution in [0.3, 0.4) is 0 Å². The molecule has 0 aliphatic rings. The summed E-state index contributed by atoms with van der Waals surface area (Å²) in [6.45, 7) is 6.34. The summed E-state index contributed by atoms with van der Waals surface area (Å²) in [6.07, 6.45) is 0. The van der Waals surface area contributed by atoms with Gasteiger partial charge >= 0.3 is 0 Å². The Labute approximate surface area is 109 Å². The number of amides is 1. The number of aliphatic hydroxyl groups excluding tert-OH is 1. The standard InChI is InChI=1S/C14H22N2O2/c1-10-5-6-11(2)13(9-10)15-14(18)12(3)16(4)7-8-17/h5-6,9,12,17H,7-8H2,1-4H3,(H,15,18). The van der Waals surface area contributed by atoms with Crippen molar-refractivity contribution in [1.29, 1.82) is 0 Å². The first-order chi connectivity index (χ1) is 8.45. The second-order valence-corrected chi connectivity index (χ2v) is 4.69. The van der Waals surface area contributed by atoms with E-state index < -0.39 is 0 Å². The molecule has 0 heterocycles. The van der Waals surface area contributed by atoms with Crippen molar-refractivity contribution < 1.29 is 9.90 Å². The molecule has 18 heavy (non-hydrogen) atoms. The van der Waals surface area contributed by atoms with E-state index in [0.717, 1.165) is 16.8 Å². The number of aliphatic hydroxyl groups is 1. The minimum atomic E-state index is -0.267. The highest BCUT2D eigenvalue weighted by Gasteiger charge is 2.18. The van der Waals surface area contributed by atoms with Gasteiger partial charge < -0.3 is 10.4 Å². The molecule has 2 N–H and O–H groups in total. The third-order valence-electron chi connectivity index (χ3n) is 3.14. The zero-order valence-electron chi connectivity index (χ0n) is 11.5. The second kappa shape index (κ2) is 6.52. The Morgan fingerprint density at radius 3 is 2.72 bits per heavy atom. The number of nitrogens with one attached hydrogen (secondary N) is 1. The number of rotatable bonds is 5. The molecule has 0 aliphatic heterocycles. The molecule has 0 aliphatic carbocycles. The third kappa shape index (κ3) is 3.82. The summed E-state index contributed by atoms with van der Waals surface area (Å²) in [5.41, 5.74) is 3.02. The number of hydrogen-bond acceptors (Lipinski definition) is 3. The fraction of sp³-hybridized carbons (Fsp3) is 0.500. The molecule has 0 bridgehead atoms. The lowest BCUT2D eigenvalue weighted by molar-refractivity contribution is -0.120. The summed E-state index contributed by atoms with van der Waals surface area (Å²) in [5, 5.41) is 11.8. The van der Waals surface area contributed by atoms with Crippen LogP contribution in [0.25, 0.3) is 0 Å². The van der Waals surface area contributed by atoms with E-state index in [-0.39, 0.29) is 18.6 Å². The number of aryl methyl sites for hydroxylation is 2. The van der Waals surface area contributed by atoms with Gasteiger partial charge in [-0.05, 0) is 45.0 Å². The number of hydrogen-bond donors (Lipinski definition) is 2. The summed E-state index contributed by atoms with van der Waals surface area (Å²) >= 11 is 0. The maximum atomic E-state index is 12.1. The molecule has 0 aromatic heterocycles. The van der Waals surface area contributed by atoms with E-state index >= 15 is 0 Å². The summed E-state index contributed by atoms with van der Waals surface area (Å²) in [4.78, 5) is 13.9. The minimum Gasteiger partial charge on any atom is -0.395 e. The molecular weight excluding hydrogens is 228 g/mol. The van der Waals surface area contributed by atoms with Crippen LogP contribution in [0.2, 0.25) is 0 Å². The van der Waals surface area contributed by atoms with Crippen molar-refractivity contribution in [2.75, 3.05) is 25.5 Å². The topological polar surface area (TPSA) is 52.6 Å². The quantitative estimate of drug-likeness (QED) is 0.833. The first-order valence-corrected chi connectivity index (χ1v) is 6.15. The highest BCUT2D eigenvalue weighted by atomic mass is 16.3. The van der Waals surface area contributed by atoms with E-state index in [9.17, 15) is 4.79 Å². The molecule has 0 fully saturated rings. The van der Waals surface area contributed by atoms with Crippen LogP contribution in [0.5, 0.6) is 0 Å². The van der Waals surface area contributed by atoms with Crippen molar-refractivity contribution in [3.8, 4) is 0 Å². The van der Waals surface area contributed by atoms with Gasteiger partial charge in [0.05, 0.1) is 12.6 Å². The average molecular weight is 250 g/mol. The molecule has 1 aromatic carbocycles. The van der Waals surface area contributed by atoms with Crippen molar-refractivity contribution >= 4 is 11.6 Å². The molecule has 1 amide bonds. The Balaban J connectivity index is 2.72. The van der Waals surface area contributed by atoms with E-state index in [0.29, 0.717) is 6.54 Å². The molecule has 0 saturated carbocycles. The number of carbonyl (C=O) groups excluding carboxylic acids is 1. The third-order valence-corrected chi connectivity index (χ3v) is 3.14. The van der Waals surface area contributed by atoms with E-state index in [1.54, 1.807) is 0 Å². The van der Waals surface area contributed by atoms with Gasteiger partial charge in [-0.3, -0.25) is 9.69 Å². The second-order valence-electron chi connectivity index (χ2n) is 4.69. The van der Waals surface area contributed by atoms with E-state index in [1.807, 2.05) is 50.9 Å². The summed E-state index contributed by atoms with van der Waals surface area (Å²) < 4.78 is 0. The first kappa shape index (κ1) is 14.7. The lowest BCUT2D eigenvalue weighted by Crippen LogP contribution is -2.41. The van der Waals surface area contributed by atoms with Crippen molar-refractivity contribution in [2.45, 2.75) is 26.8 Å². The molecule has 0 radical (unpaired) electrons. The number of anilines is 1. The van der Waals surface area contributed by atoms with Crippen LogP contribution in [0.15, 0.2) is 18.2 Å². The van der Waals surface area contributed by atoms with E-state index in [2.05, 4.69) is 5.32 Å². The van der Waals surface area contributed by atoms with Crippen LogP contribution in [-0.4, -0.2) is 42.2 Å². The van der Waals surface area contributed by atoms with Gasteiger partial charge in [0.1, 0.15) is 0 Å². The van der Waals surface area contributed by atoms with Crippen molar-refractivity contribution in [2.24, 2.45) is 0 Å². The van der Waals surface area contributed by atoms with Crippen LogP contribution >= 0.6 is 0 Å². The zero-order chi connectivity index (χ0) is 13.7.